The summed E-state index contributed by atoms with van der Waals surface area (Å²) in [5.41, 5.74) is -0.283. The zero-order valence-electron chi connectivity index (χ0n) is 14.4. The average molecular weight is 317 g/mol. The van der Waals surface area contributed by atoms with Crippen LogP contribution in [0, 0.1) is 0 Å². The Kier molecular flexibility index (Phi) is 4.24. The van der Waals surface area contributed by atoms with Crippen LogP contribution in [0.3, 0.4) is 0 Å². The van der Waals surface area contributed by atoms with E-state index in [2.05, 4.69) is 4.98 Å². The molecule has 124 valence electrons. The zero-order chi connectivity index (χ0) is 17.4. The number of hydrogen-bond donors (Lipinski definition) is 1. The molecule has 0 spiro atoms. The van der Waals surface area contributed by atoms with Crippen molar-refractivity contribution in [2.45, 2.75) is 52.7 Å². The van der Waals surface area contributed by atoms with Crippen LogP contribution in [-0.4, -0.2) is 28.1 Å². The van der Waals surface area contributed by atoms with E-state index in [0.717, 1.165) is 0 Å². The van der Waals surface area contributed by atoms with E-state index < -0.39 is 23.1 Å². The van der Waals surface area contributed by atoms with Crippen LogP contribution in [0.1, 0.15) is 62.4 Å². The minimum atomic E-state index is -0.653. The number of carbonyl (C=O) groups excluding carboxylic acids is 2. The van der Waals surface area contributed by atoms with Crippen molar-refractivity contribution in [2.75, 3.05) is 0 Å². The molecule has 1 aromatic heterocycles. The molecule has 1 aromatic carbocycles. The van der Waals surface area contributed by atoms with Crippen LogP contribution >= 0.6 is 0 Å². The monoisotopic (exact) mass is 317 g/mol. The molecule has 0 fully saturated rings. The lowest BCUT2D eigenvalue weighted by Crippen LogP contribution is -2.27. The molecular weight excluding hydrogens is 294 g/mol. The molecule has 0 unspecified atom stereocenters. The Morgan fingerprint density at radius 2 is 1.39 bits per heavy atom. The molecule has 5 nitrogen and oxygen atoms in total. The van der Waals surface area contributed by atoms with Gasteiger partial charge in [0.15, 0.2) is 0 Å². The van der Waals surface area contributed by atoms with Gasteiger partial charge in [0, 0.05) is 10.9 Å². The van der Waals surface area contributed by atoms with Crippen molar-refractivity contribution in [1.29, 1.82) is 0 Å². The summed E-state index contributed by atoms with van der Waals surface area (Å²) >= 11 is 0. The number of rotatable bonds is 2. The third kappa shape index (κ3) is 4.12. The number of carbonyl (C=O) groups is 2. The normalized spacial score (nSPS) is 12.3. The van der Waals surface area contributed by atoms with E-state index in [1.807, 2.05) is 12.1 Å². The molecule has 0 atom stereocenters. The standard InChI is InChI=1S/C18H23NO4/c1-17(2,3)22-15(20)13-11-9-7-8-10-12(11)19-14(13)16(21)23-18(4,5)6/h7-10,19H,1-6H3. The molecule has 0 amide bonds. The van der Waals surface area contributed by atoms with E-state index in [0.29, 0.717) is 10.9 Å². The fourth-order valence-electron chi connectivity index (χ4n) is 2.17. The third-order valence-electron chi connectivity index (χ3n) is 2.91. The Labute approximate surface area is 136 Å². The van der Waals surface area contributed by atoms with Crippen molar-refractivity contribution < 1.29 is 19.1 Å². The number of aromatic amines is 1. The average Bonchev–Trinajstić information content (AvgIpc) is 2.73. The topological polar surface area (TPSA) is 68.4 Å². The van der Waals surface area contributed by atoms with Gasteiger partial charge in [-0.2, -0.15) is 0 Å². The van der Waals surface area contributed by atoms with E-state index in [1.54, 1.807) is 53.7 Å². The lowest BCUT2D eigenvalue weighted by atomic mass is 10.1. The fourth-order valence-corrected chi connectivity index (χ4v) is 2.17. The number of esters is 2. The molecule has 0 aliphatic rings. The van der Waals surface area contributed by atoms with Gasteiger partial charge in [-0.25, -0.2) is 9.59 Å². The van der Waals surface area contributed by atoms with Crippen molar-refractivity contribution in [1.82, 2.24) is 4.98 Å². The molecule has 0 saturated carbocycles. The third-order valence-corrected chi connectivity index (χ3v) is 2.91. The summed E-state index contributed by atoms with van der Waals surface area (Å²) in [4.78, 5) is 28.0. The first-order valence-corrected chi connectivity index (χ1v) is 7.55. The van der Waals surface area contributed by atoms with Gasteiger partial charge in [0.1, 0.15) is 16.9 Å². The smallest absolute Gasteiger partial charge is 0.356 e. The second-order valence-electron chi connectivity index (χ2n) is 7.42. The molecule has 1 heterocycles. The van der Waals surface area contributed by atoms with Crippen LogP contribution in [0.5, 0.6) is 0 Å². The summed E-state index contributed by atoms with van der Waals surface area (Å²) in [7, 11) is 0. The van der Waals surface area contributed by atoms with Crippen LogP contribution in [0.4, 0.5) is 0 Å². The number of nitrogens with one attached hydrogen (secondary N) is 1. The van der Waals surface area contributed by atoms with Crippen LogP contribution in [0.2, 0.25) is 0 Å². The number of ether oxygens (including phenoxy) is 2. The predicted molar refractivity (Wildman–Crippen MR) is 88.6 cm³/mol. The first-order valence-electron chi connectivity index (χ1n) is 7.55. The molecular formula is C18H23NO4. The minimum absolute atomic E-state index is 0.121. The Morgan fingerprint density at radius 3 is 1.96 bits per heavy atom. The van der Waals surface area contributed by atoms with Crippen LogP contribution in [-0.2, 0) is 9.47 Å². The van der Waals surface area contributed by atoms with Crippen LogP contribution < -0.4 is 0 Å². The van der Waals surface area contributed by atoms with Gasteiger partial charge in [0.25, 0.3) is 0 Å². The highest BCUT2D eigenvalue weighted by Gasteiger charge is 2.30. The Balaban J connectivity index is 2.54. The summed E-state index contributed by atoms with van der Waals surface area (Å²) in [5.74, 6) is -1.12. The van der Waals surface area contributed by atoms with Crippen LogP contribution in [0.15, 0.2) is 24.3 Å². The van der Waals surface area contributed by atoms with Crippen molar-refractivity contribution in [3.8, 4) is 0 Å². The van der Waals surface area contributed by atoms with E-state index in [1.165, 1.54) is 0 Å². The highest BCUT2D eigenvalue weighted by Crippen LogP contribution is 2.26. The second kappa shape index (κ2) is 5.72. The first-order chi connectivity index (χ1) is 10.5. The van der Waals surface area contributed by atoms with Gasteiger partial charge in [-0.15, -0.1) is 0 Å². The Hall–Kier alpha value is -2.30. The van der Waals surface area contributed by atoms with Crippen molar-refractivity contribution in [2.24, 2.45) is 0 Å². The number of fused-ring (bicyclic) bond motifs is 1. The molecule has 2 aromatic rings. The van der Waals surface area contributed by atoms with Crippen molar-refractivity contribution in [3.63, 3.8) is 0 Å². The molecule has 5 heteroatoms. The van der Waals surface area contributed by atoms with Gasteiger partial charge in [0.2, 0.25) is 0 Å². The molecule has 0 saturated heterocycles. The van der Waals surface area contributed by atoms with Crippen molar-refractivity contribution in [3.05, 3.63) is 35.5 Å². The maximum Gasteiger partial charge on any atom is 0.356 e. The molecule has 2 rings (SSSR count). The highest BCUT2D eigenvalue weighted by molar-refractivity contribution is 6.12. The van der Waals surface area contributed by atoms with E-state index in [-0.39, 0.29) is 11.3 Å². The minimum Gasteiger partial charge on any atom is -0.456 e. The first kappa shape index (κ1) is 17.1. The summed E-state index contributed by atoms with van der Waals surface area (Å²) in [6.07, 6.45) is 0. The van der Waals surface area contributed by atoms with Crippen molar-refractivity contribution >= 4 is 22.8 Å². The second-order valence-corrected chi connectivity index (χ2v) is 7.42. The largest absolute Gasteiger partial charge is 0.456 e. The van der Waals surface area contributed by atoms with E-state index in [4.69, 9.17) is 9.47 Å². The summed E-state index contributed by atoms with van der Waals surface area (Å²) < 4.78 is 10.8. The van der Waals surface area contributed by atoms with Gasteiger partial charge < -0.3 is 14.5 Å². The lowest BCUT2D eigenvalue weighted by molar-refractivity contribution is 0.00169. The lowest BCUT2D eigenvalue weighted by Gasteiger charge is -2.21. The van der Waals surface area contributed by atoms with E-state index in [9.17, 15) is 9.59 Å². The summed E-state index contributed by atoms with van der Waals surface area (Å²) in [6, 6.07) is 7.22. The zero-order valence-corrected chi connectivity index (χ0v) is 14.4. The summed E-state index contributed by atoms with van der Waals surface area (Å²) in [5, 5.41) is 0.641. The summed E-state index contributed by atoms with van der Waals surface area (Å²) in [6.45, 7) is 10.7. The number of benzene rings is 1. The maximum atomic E-state index is 12.6. The van der Waals surface area contributed by atoms with Gasteiger partial charge in [-0.3, -0.25) is 0 Å². The quantitative estimate of drug-likeness (QED) is 0.847. The van der Waals surface area contributed by atoms with Crippen LogP contribution in [0.25, 0.3) is 10.9 Å². The molecule has 23 heavy (non-hydrogen) atoms. The molecule has 0 bridgehead atoms. The van der Waals surface area contributed by atoms with E-state index >= 15 is 0 Å². The fraction of sp³-hybridized carbons (Fsp3) is 0.444. The number of hydrogen-bond acceptors (Lipinski definition) is 4. The number of H-pyrrole nitrogens is 1. The molecule has 0 radical (unpaired) electrons. The number of para-hydroxylation sites is 1. The van der Waals surface area contributed by atoms with Gasteiger partial charge in [-0.1, -0.05) is 18.2 Å². The predicted octanol–water partition coefficient (Wildman–Crippen LogP) is 4.08. The van der Waals surface area contributed by atoms with Gasteiger partial charge >= 0.3 is 11.9 Å². The molecule has 0 aliphatic carbocycles. The highest BCUT2D eigenvalue weighted by atomic mass is 16.6. The molecule has 0 aliphatic heterocycles. The van der Waals surface area contributed by atoms with Gasteiger partial charge in [0.05, 0.1) is 5.56 Å². The Morgan fingerprint density at radius 1 is 0.870 bits per heavy atom. The molecule has 1 N–H and O–H groups in total. The number of aromatic nitrogens is 1. The Bertz CT molecular complexity index is 744. The maximum absolute atomic E-state index is 12.6. The SMILES string of the molecule is CC(C)(C)OC(=O)c1[nH]c2ccccc2c1C(=O)OC(C)(C)C. The van der Waals surface area contributed by atoms with Gasteiger partial charge in [-0.05, 0) is 47.6 Å².